The molecule has 0 unspecified atom stereocenters. The predicted molar refractivity (Wildman–Crippen MR) is 90.1 cm³/mol. The van der Waals surface area contributed by atoms with Gasteiger partial charge >= 0.3 is 11.9 Å². The van der Waals surface area contributed by atoms with E-state index in [1.54, 1.807) is 30.3 Å². The van der Waals surface area contributed by atoms with Gasteiger partial charge in [0.25, 0.3) is 0 Å². The van der Waals surface area contributed by atoms with Gasteiger partial charge in [-0.15, -0.1) is 0 Å². The fourth-order valence-corrected chi connectivity index (χ4v) is 2.07. The molecule has 2 aromatic rings. The van der Waals surface area contributed by atoms with Gasteiger partial charge < -0.3 is 19.9 Å². The molecule has 0 heterocycles. The summed E-state index contributed by atoms with van der Waals surface area (Å²) in [6.07, 6.45) is 0. The van der Waals surface area contributed by atoms with Crippen molar-refractivity contribution in [1.29, 1.82) is 0 Å². The first-order chi connectivity index (χ1) is 11.5. The first-order valence-corrected chi connectivity index (χ1v) is 7.51. The molecule has 0 spiro atoms. The summed E-state index contributed by atoms with van der Waals surface area (Å²) in [6.45, 7) is 2.07. The smallest absolute Gasteiger partial charge is 0.339 e. The molecule has 6 nitrogen and oxygen atoms in total. The summed E-state index contributed by atoms with van der Waals surface area (Å²) in [5, 5.41) is 12.9. The molecule has 2 rings (SSSR count). The number of benzene rings is 2. The molecule has 0 aliphatic heterocycles. The van der Waals surface area contributed by atoms with Crippen LogP contribution in [0.5, 0.6) is 11.5 Å². The van der Waals surface area contributed by atoms with Crippen molar-refractivity contribution in [2.24, 2.45) is 0 Å². The van der Waals surface area contributed by atoms with Gasteiger partial charge in [-0.05, 0) is 42.5 Å². The molecule has 0 saturated carbocycles. The quantitative estimate of drug-likeness (QED) is 0.452. The number of rotatable bonds is 7. The third-order valence-electron chi connectivity index (χ3n) is 2.98. The van der Waals surface area contributed by atoms with E-state index in [2.05, 4.69) is 5.32 Å². The number of esters is 1. The van der Waals surface area contributed by atoms with Gasteiger partial charge in [0.05, 0.1) is 0 Å². The Hall–Kier alpha value is -2.73. The number of carboxylic acids is 1. The van der Waals surface area contributed by atoms with Crippen LogP contribution in [-0.2, 0) is 4.79 Å². The van der Waals surface area contributed by atoms with Crippen LogP contribution in [0.2, 0.25) is 5.02 Å². The van der Waals surface area contributed by atoms with Crippen molar-refractivity contribution in [3.63, 3.8) is 0 Å². The van der Waals surface area contributed by atoms with E-state index in [-0.39, 0.29) is 11.3 Å². The summed E-state index contributed by atoms with van der Waals surface area (Å²) in [5.41, 5.74) is 0.497. The van der Waals surface area contributed by atoms with Crippen LogP contribution in [0.15, 0.2) is 42.5 Å². The standard InChI is InChI=1S/C17H16ClNO5/c1-11(20)24-16-7-4-13(10-15(16)17(21)22)19-8-9-23-14-5-2-12(18)3-6-14/h2-7,10,19H,8-9H2,1H3,(H,21,22). The Bertz CT molecular complexity index is 730. The first-order valence-electron chi connectivity index (χ1n) is 7.13. The molecule has 2 aromatic carbocycles. The molecule has 0 aliphatic rings. The Labute approximate surface area is 144 Å². The minimum Gasteiger partial charge on any atom is -0.492 e. The zero-order valence-electron chi connectivity index (χ0n) is 12.9. The number of carbonyl (C=O) groups is 2. The zero-order chi connectivity index (χ0) is 17.5. The van der Waals surface area contributed by atoms with Crippen molar-refractivity contribution in [2.75, 3.05) is 18.5 Å². The van der Waals surface area contributed by atoms with Crippen molar-refractivity contribution >= 4 is 29.2 Å². The van der Waals surface area contributed by atoms with Gasteiger partial charge in [-0.1, -0.05) is 11.6 Å². The molecular formula is C17H16ClNO5. The number of halogens is 1. The van der Waals surface area contributed by atoms with Gasteiger partial charge in [-0.25, -0.2) is 4.79 Å². The van der Waals surface area contributed by atoms with Crippen LogP contribution in [0.25, 0.3) is 0 Å². The van der Waals surface area contributed by atoms with E-state index in [0.717, 1.165) is 0 Å². The van der Waals surface area contributed by atoms with Gasteiger partial charge in [-0.3, -0.25) is 4.79 Å². The van der Waals surface area contributed by atoms with E-state index in [9.17, 15) is 14.7 Å². The molecule has 0 radical (unpaired) electrons. The number of carboxylic acid groups (broad SMARTS) is 1. The monoisotopic (exact) mass is 349 g/mol. The number of anilines is 1. The molecule has 0 aromatic heterocycles. The second kappa shape index (κ2) is 8.21. The lowest BCUT2D eigenvalue weighted by Crippen LogP contribution is -2.13. The minimum atomic E-state index is -1.17. The normalized spacial score (nSPS) is 10.1. The highest BCUT2D eigenvalue weighted by atomic mass is 35.5. The van der Waals surface area contributed by atoms with E-state index in [0.29, 0.717) is 29.6 Å². The molecule has 126 valence electrons. The van der Waals surface area contributed by atoms with Gasteiger partial charge in [0, 0.05) is 24.2 Å². The summed E-state index contributed by atoms with van der Waals surface area (Å²) in [6, 6.07) is 11.5. The lowest BCUT2D eigenvalue weighted by Gasteiger charge is -2.11. The van der Waals surface area contributed by atoms with Crippen molar-refractivity contribution in [1.82, 2.24) is 0 Å². The van der Waals surface area contributed by atoms with Gasteiger partial charge in [-0.2, -0.15) is 0 Å². The van der Waals surface area contributed by atoms with Gasteiger partial charge in [0.15, 0.2) is 0 Å². The Morgan fingerprint density at radius 2 is 1.88 bits per heavy atom. The third-order valence-corrected chi connectivity index (χ3v) is 3.23. The average molecular weight is 350 g/mol. The molecule has 0 fully saturated rings. The topological polar surface area (TPSA) is 84.9 Å². The van der Waals surface area contributed by atoms with Gasteiger partial charge in [0.1, 0.15) is 23.7 Å². The summed E-state index contributed by atoms with van der Waals surface area (Å²) >= 11 is 5.79. The highest BCUT2D eigenvalue weighted by Crippen LogP contribution is 2.23. The SMILES string of the molecule is CC(=O)Oc1ccc(NCCOc2ccc(Cl)cc2)cc1C(=O)O. The Kier molecular flexibility index (Phi) is 6.03. The summed E-state index contributed by atoms with van der Waals surface area (Å²) in [5.74, 6) is -1.04. The van der Waals surface area contributed by atoms with E-state index in [4.69, 9.17) is 21.1 Å². The highest BCUT2D eigenvalue weighted by Gasteiger charge is 2.13. The van der Waals surface area contributed by atoms with Crippen molar-refractivity contribution < 1.29 is 24.2 Å². The van der Waals surface area contributed by atoms with Crippen LogP contribution in [0.4, 0.5) is 5.69 Å². The zero-order valence-corrected chi connectivity index (χ0v) is 13.7. The van der Waals surface area contributed by atoms with Crippen molar-refractivity contribution in [2.45, 2.75) is 6.92 Å². The average Bonchev–Trinajstić information content (AvgIpc) is 2.53. The maximum Gasteiger partial charge on any atom is 0.339 e. The summed E-state index contributed by atoms with van der Waals surface area (Å²) in [7, 11) is 0. The number of carbonyl (C=O) groups excluding carboxylic acids is 1. The van der Waals surface area contributed by atoms with Crippen LogP contribution >= 0.6 is 11.6 Å². The Morgan fingerprint density at radius 1 is 1.17 bits per heavy atom. The molecule has 2 N–H and O–H groups in total. The van der Waals surface area contributed by atoms with Crippen LogP contribution in [0.3, 0.4) is 0 Å². The van der Waals surface area contributed by atoms with Crippen LogP contribution in [-0.4, -0.2) is 30.2 Å². The van der Waals surface area contributed by atoms with Crippen LogP contribution in [0.1, 0.15) is 17.3 Å². The lowest BCUT2D eigenvalue weighted by atomic mass is 10.1. The predicted octanol–water partition coefficient (Wildman–Crippen LogP) is 3.45. The second-order valence-electron chi connectivity index (χ2n) is 4.84. The fraction of sp³-hybridized carbons (Fsp3) is 0.176. The summed E-state index contributed by atoms with van der Waals surface area (Å²) in [4.78, 5) is 22.2. The van der Waals surface area contributed by atoms with Gasteiger partial charge in [0.2, 0.25) is 0 Å². The molecular weight excluding hydrogens is 334 g/mol. The van der Waals surface area contributed by atoms with E-state index in [1.165, 1.54) is 19.1 Å². The highest BCUT2D eigenvalue weighted by molar-refractivity contribution is 6.30. The van der Waals surface area contributed by atoms with Crippen molar-refractivity contribution in [3.8, 4) is 11.5 Å². The molecule has 24 heavy (non-hydrogen) atoms. The largest absolute Gasteiger partial charge is 0.492 e. The maximum absolute atomic E-state index is 11.2. The molecule has 0 atom stereocenters. The minimum absolute atomic E-state index is 0.0120. The first kappa shape index (κ1) is 17.6. The number of ether oxygens (including phenoxy) is 2. The second-order valence-corrected chi connectivity index (χ2v) is 5.28. The van der Waals surface area contributed by atoms with Crippen LogP contribution < -0.4 is 14.8 Å². The van der Waals surface area contributed by atoms with Crippen LogP contribution in [0, 0.1) is 0 Å². The van der Waals surface area contributed by atoms with E-state index in [1.807, 2.05) is 0 Å². The number of hydrogen-bond acceptors (Lipinski definition) is 5. The van der Waals surface area contributed by atoms with Crippen molar-refractivity contribution in [3.05, 3.63) is 53.1 Å². The van der Waals surface area contributed by atoms with E-state index >= 15 is 0 Å². The molecule has 0 bridgehead atoms. The number of aromatic carboxylic acids is 1. The number of nitrogens with one attached hydrogen (secondary N) is 1. The maximum atomic E-state index is 11.2. The molecule has 0 saturated heterocycles. The summed E-state index contributed by atoms with van der Waals surface area (Å²) < 4.78 is 10.4. The Morgan fingerprint density at radius 3 is 2.50 bits per heavy atom. The Balaban J connectivity index is 1.92. The molecule has 0 aliphatic carbocycles. The number of hydrogen-bond donors (Lipinski definition) is 2. The van der Waals surface area contributed by atoms with E-state index < -0.39 is 11.9 Å². The molecule has 7 heteroatoms. The lowest BCUT2D eigenvalue weighted by molar-refractivity contribution is -0.131. The molecule has 0 amide bonds. The third kappa shape index (κ3) is 5.17. The fourth-order valence-electron chi connectivity index (χ4n) is 1.95.